The Labute approximate surface area is 74.1 Å². The topological polar surface area (TPSA) is 142 Å². The average molecular weight is 198 g/mol. The normalized spacial score (nSPS) is 45.5. The molecule has 13 heavy (non-hydrogen) atoms. The van der Waals surface area contributed by atoms with Gasteiger partial charge >= 0.3 is 0 Å². The van der Waals surface area contributed by atoms with Crippen LogP contribution < -0.4 is 0 Å². The van der Waals surface area contributed by atoms with E-state index in [1.807, 2.05) is 0 Å². The minimum atomic E-state index is -1.57. The summed E-state index contributed by atoms with van der Waals surface area (Å²) in [5, 5.41) is 44.7. The molecule has 80 valence electrons. The fourth-order valence-corrected chi connectivity index (χ4v) is 1.08. The zero-order chi connectivity index (χ0) is 9.30. The summed E-state index contributed by atoms with van der Waals surface area (Å²) in [7, 11) is 0. The van der Waals surface area contributed by atoms with Crippen LogP contribution in [-0.4, -0.2) is 68.3 Å². The molecular weight excluding hydrogens is 184 g/mol. The van der Waals surface area contributed by atoms with Crippen LogP contribution in [0.4, 0.5) is 0 Å². The number of rotatable bonds is 1. The van der Waals surface area contributed by atoms with Crippen LogP contribution in [0.15, 0.2) is 0 Å². The fourth-order valence-electron chi connectivity index (χ4n) is 1.08. The van der Waals surface area contributed by atoms with E-state index in [1.54, 1.807) is 0 Å². The van der Waals surface area contributed by atoms with Crippen molar-refractivity contribution in [1.29, 1.82) is 0 Å². The van der Waals surface area contributed by atoms with Gasteiger partial charge in [0.05, 0.1) is 6.61 Å². The van der Waals surface area contributed by atoms with E-state index in [2.05, 4.69) is 4.74 Å². The van der Waals surface area contributed by atoms with Crippen LogP contribution in [0.25, 0.3) is 0 Å². The molecule has 1 aliphatic heterocycles. The molecule has 0 aliphatic carbocycles. The van der Waals surface area contributed by atoms with E-state index in [-0.39, 0.29) is 5.48 Å². The lowest BCUT2D eigenvalue weighted by atomic mass is 10.00. The molecule has 1 heterocycles. The van der Waals surface area contributed by atoms with Crippen LogP contribution in [-0.2, 0) is 4.74 Å². The van der Waals surface area contributed by atoms with Crippen molar-refractivity contribution in [2.45, 2.75) is 30.7 Å². The third-order valence-electron chi connectivity index (χ3n) is 1.87. The standard InChI is InChI=1S/C6H12O6.H2O/c7-1-2-3(8)4(9)5(10)6(11)12-2;/h2-11H,1H2;1H2/t2-,3+,4-,5-,6-;/m0./s1. The van der Waals surface area contributed by atoms with Gasteiger partial charge in [-0.15, -0.1) is 0 Å². The third kappa shape index (κ3) is 2.35. The molecule has 7 N–H and O–H groups in total. The van der Waals surface area contributed by atoms with Crippen molar-refractivity contribution in [2.24, 2.45) is 0 Å². The second-order valence-electron chi connectivity index (χ2n) is 2.72. The molecule has 1 fully saturated rings. The van der Waals surface area contributed by atoms with Crippen molar-refractivity contribution in [1.82, 2.24) is 0 Å². The van der Waals surface area contributed by atoms with Gasteiger partial charge in [0.1, 0.15) is 24.4 Å². The molecule has 0 spiro atoms. The SMILES string of the molecule is O.OC[C@@H]1O[C@H](O)[C@@H](O)[C@@H](O)[C@@H]1O. The van der Waals surface area contributed by atoms with Gasteiger partial charge in [-0.3, -0.25) is 0 Å². The van der Waals surface area contributed by atoms with Gasteiger partial charge in [-0.05, 0) is 0 Å². The van der Waals surface area contributed by atoms with Gasteiger partial charge in [-0.1, -0.05) is 0 Å². The molecule has 0 bridgehead atoms. The summed E-state index contributed by atoms with van der Waals surface area (Å²) in [6.45, 7) is -0.526. The van der Waals surface area contributed by atoms with Crippen molar-refractivity contribution in [3.8, 4) is 0 Å². The van der Waals surface area contributed by atoms with Crippen LogP contribution in [0.5, 0.6) is 0 Å². The molecule has 7 heteroatoms. The number of hydrogen-bond acceptors (Lipinski definition) is 6. The van der Waals surface area contributed by atoms with Crippen molar-refractivity contribution < 1.29 is 35.7 Å². The molecule has 1 aliphatic rings. The Morgan fingerprint density at radius 3 is 1.92 bits per heavy atom. The zero-order valence-corrected chi connectivity index (χ0v) is 6.74. The monoisotopic (exact) mass is 198 g/mol. The van der Waals surface area contributed by atoms with E-state index < -0.39 is 37.3 Å². The second kappa shape index (κ2) is 4.82. The molecule has 0 aromatic rings. The molecule has 0 amide bonds. The number of aliphatic hydroxyl groups excluding tert-OH is 5. The first-order chi connectivity index (χ1) is 5.57. The van der Waals surface area contributed by atoms with Crippen molar-refractivity contribution in [3.63, 3.8) is 0 Å². The van der Waals surface area contributed by atoms with E-state index in [0.717, 1.165) is 0 Å². The van der Waals surface area contributed by atoms with E-state index in [9.17, 15) is 0 Å². The van der Waals surface area contributed by atoms with Gasteiger partial charge in [0.25, 0.3) is 0 Å². The van der Waals surface area contributed by atoms with Crippen LogP contribution in [0.1, 0.15) is 0 Å². The number of hydrogen-bond donors (Lipinski definition) is 5. The van der Waals surface area contributed by atoms with Gasteiger partial charge in [0.15, 0.2) is 6.29 Å². The Kier molecular flexibility index (Phi) is 4.71. The summed E-state index contributed by atoms with van der Waals surface area (Å²) in [6, 6.07) is 0. The summed E-state index contributed by atoms with van der Waals surface area (Å²) in [5.41, 5.74) is 0. The number of aliphatic hydroxyl groups is 5. The third-order valence-corrected chi connectivity index (χ3v) is 1.87. The summed E-state index contributed by atoms with van der Waals surface area (Å²) < 4.78 is 4.58. The van der Waals surface area contributed by atoms with Crippen LogP contribution in [0.2, 0.25) is 0 Å². The minimum Gasteiger partial charge on any atom is -0.412 e. The van der Waals surface area contributed by atoms with Gasteiger partial charge in [-0.25, -0.2) is 0 Å². The lowest BCUT2D eigenvalue weighted by Crippen LogP contribution is -2.58. The molecule has 0 aromatic carbocycles. The second-order valence-corrected chi connectivity index (χ2v) is 2.72. The van der Waals surface area contributed by atoms with Gasteiger partial charge in [0, 0.05) is 0 Å². The highest BCUT2D eigenvalue weighted by Gasteiger charge is 2.42. The predicted molar refractivity (Wildman–Crippen MR) is 39.6 cm³/mol. The van der Waals surface area contributed by atoms with Crippen molar-refractivity contribution in [2.75, 3.05) is 6.61 Å². The van der Waals surface area contributed by atoms with Gasteiger partial charge < -0.3 is 35.7 Å². The largest absolute Gasteiger partial charge is 0.412 e. The first-order valence-corrected chi connectivity index (χ1v) is 3.56. The molecule has 7 nitrogen and oxygen atoms in total. The van der Waals surface area contributed by atoms with Gasteiger partial charge in [0.2, 0.25) is 0 Å². The fraction of sp³-hybridized carbons (Fsp3) is 1.00. The minimum absolute atomic E-state index is 0. The molecule has 0 saturated carbocycles. The van der Waals surface area contributed by atoms with E-state index >= 15 is 0 Å². The van der Waals surface area contributed by atoms with Gasteiger partial charge in [-0.2, -0.15) is 0 Å². The van der Waals surface area contributed by atoms with Crippen molar-refractivity contribution >= 4 is 0 Å². The maximum atomic E-state index is 9.12. The highest BCUT2D eigenvalue weighted by atomic mass is 16.6. The average Bonchev–Trinajstić information content (AvgIpc) is 2.08. The molecule has 0 unspecified atom stereocenters. The predicted octanol–water partition coefficient (Wildman–Crippen LogP) is -4.05. The van der Waals surface area contributed by atoms with Crippen LogP contribution in [0, 0.1) is 0 Å². The van der Waals surface area contributed by atoms with Crippen LogP contribution >= 0.6 is 0 Å². The lowest BCUT2D eigenvalue weighted by Gasteiger charge is -2.37. The van der Waals surface area contributed by atoms with Crippen molar-refractivity contribution in [3.05, 3.63) is 0 Å². The molecule has 0 radical (unpaired) electrons. The summed E-state index contributed by atoms with van der Waals surface area (Å²) in [5.74, 6) is 0. The summed E-state index contributed by atoms with van der Waals surface area (Å²) >= 11 is 0. The Morgan fingerprint density at radius 2 is 1.46 bits per heavy atom. The Hall–Kier alpha value is -0.280. The maximum absolute atomic E-state index is 9.12. The number of ether oxygens (including phenoxy) is 1. The lowest BCUT2D eigenvalue weighted by molar-refractivity contribution is -0.286. The Bertz CT molecular complexity index is 147. The molecule has 1 rings (SSSR count). The first kappa shape index (κ1) is 12.7. The summed E-state index contributed by atoms with van der Waals surface area (Å²) in [4.78, 5) is 0. The molecule has 1 saturated heterocycles. The smallest absolute Gasteiger partial charge is 0.184 e. The quantitative estimate of drug-likeness (QED) is 0.290. The Balaban J connectivity index is 0.00000144. The molecular formula is C6H14O7. The van der Waals surface area contributed by atoms with E-state index in [0.29, 0.717) is 0 Å². The van der Waals surface area contributed by atoms with E-state index in [1.165, 1.54) is 0 Å². The Morgan fingerprint density at radius 1 is 0.923 bits per heavy atom. The first-order valence-electron chi connectivity index (χ1n) is 3.56. The summed E-state index contributed by atoms with van der Waals surface area (Å²) in [6.07, 6.45) is -7.04. The van der Waals surface area contributed by atoms with E-state index in [4.69, 9.17) is 25.5 Å². The highest BCUT2D eigenvalue weighted by Crippen LogP contribution is 2.18. The highest BCUT2D eigenvalue weighted by molar-refractivity contribution is 4.87. The van der Waals surface area contributed by atoms with Crippen LogP contribution in [0.3, 0.4) is 0 Å². The molecule has 0 aromatic heterocycles. The zero-order valence-electron chi connectivity index (χ0n) is 6.74. The molecule has 5 atom stereocenters. The maximum Gasteiger partial charge on any atom is 0.184 e.